The van der Waals surface area contributed by atoms with E-state index < -0.39 is 8.07 Å². The molecule has 1 N–H and O–H groups in total. The molecule has 17 aromatic carbocycles. The van der Waals surface area contributed by atoms with Crippen molar-refractivity contribution in [2.45, 2.75) is 0 Å². The number of hydrogen-bond donors (Lipinski definition) is 1. The molecule has 0 saturated heterocycles. The van der Waals surface area contributed by atoms with Crippen molar-refractivity contribution in [2.75, 3.05) is 0 Å². The fourth-order valence-corrected chi connectivity index (χ4v) is 23.3. The molecule has 3 aliphatic heterocycles. The summed E-state index contributed by atoms with van der Waals surface area (Å²) in [7, 11) is -2.61. The second-order valence-electron chi connectivity index (χ2n) is 31.6. The van der Waals surface area contributed by atoms with E-state index in [1.165, 1.54) is 20.7 Å². The largest absolute Gasteiger partial charge is 0.452 e. The van der Waals surface area contributed by atoms with Crippen LogP contribution >= 0.6 is 0 Å². The molecule has 9 heterocycles. The summed E-state index contributed by atoms with van der Waals surface area (Å²) in [4.78, 5) is 32.9. The third kappa shape index (κ3) is 12.3. The standard InChI is InChI=1S/C43H30N2OSi.C37H22N4O.C32H20N4O/c1-5-15-32(16-6-1)43-44-38-24-14-26-40-41(38)45(43)39-25-13-23-37(42(39)46-40)31-27-29-36(30-28-31)47(33-17-7-2-8-18-33,34-19-9-3-10-20-34)35-21-11-4-12-22-35;1-2-7-27(8-3-1)37-40-30-11-5-13-32-35(30)41(37)31-12-4-10-28(36(31)42-32)23-14-16-24(17-15-23)29-21-20-26-19-18-25-9-6-22-38-33(25)34(26)39-29;1-2-8-22(9-3-1)32-35-26-13-7-15-28-29(26)36(32)27-14-6-10-23(30(27)37-28)20-16-18-21(19-17-20)31-33-24-11-4-5-12-25(24)34-31/h1-30H;1-22H;1-19H,(H,33,34). The first-order valence-corrected chi connectivity index (χ1v) is 44.2. The van der Waals surface area contributed by atoms with Crippen LogP contribution in [0, 0.1) is 0 Å². The minimum absolute atomic E-state index is 0.806. The molecule has 0 fully saturated rings. The fourth-order valence-electron chi connectivity index (χ4n) is 18.6. The number of ether oxygens (including phenoxy) is 3. The van der Waals surface area contributed by atoms with Crippen LogP contribution in [0.2, 0.25) is 0 Å². The Kier molecular flexibility index (Phi) is 17.6. The van der Waals surface area contributed by atoms with E-state index in [-0.39, 0.29) is 0 Å². The average molecular weight is 1630 g/mol. The van der Waals surface area contributed by atoms with Crippen LogP contribution in [0.3, 0.4) is 0 Å². The van der Waals surface area contributed by atoms with E-state index in [0.717, 1.165) is 208 Å². The van der Waals surface area contributed by atoms with Crippen LogP contribution in [-0.4, -0.2) is 56.7 Å². The van der Waals surface area contributed by atoms with Gasteiger partial charge in [-0.3, -0.25) is 18.7 Å². The second-order valence-corrected chi connectivity index (χ2v) is 35.5. The molecule has 14 heteroatoms. The zero-order valence-electron chi connectivity index (χ0n) is 67.7. The minimum atomic E-state index is -2.61. The molecule has 0 bridgehead atoms. The van der Waals surface area contributed by atoms with Gasteiger partial charge in [-0.05, 0) is 116 Å². The predicted octanol–water partition coefficient (Wildman–Crippen LogP) is 25.1. The second kappa shape index (κ2) is 30.3. The van der Waals surface area contributed by atoms with Gasteiger partial charge in [0.25, 0.3) is 0 Å². The van der Waals surface area contributed by atoms with Crippen molar-refractivity contribution in [3.05, 3.63) is 431 Å². The molecule has 0 unspecified atom stereocenters. The number of fused-ring (bicyclic) bond motifs is 10. The van der Waals surface area contributed by atoms with Crippen LogP contribution in [0.4, 0.5) is 0 Å². The number of benzene rings is 17. The van der Waals surface area contributed by atoms with E-state index in [2.05, 4.69) is 327 Å². The third-order valence-electron chi connectivity index (χ3n) is 24.4. The number of H-pyrrole nitrogens is 1. The molecule has 23 aromatic rings. The highest BCUT2D eigenvalue weighted by Gasteiger charge is 2.42. The number of aromatic amines is 1. The molecule has 13 nitrogen and oxygen atoms in total. The highest BCUT2D eigenvalue weighted by atomic mass is 28.3. The lowest BCUT2D eigenvalue weighted by molar-refractivity contribution is 0.477. The lowest BCUT2D eigenvalue weighted by atomic mass is 10.00. The van der Waals surface area contributed by atoms with E-state index in [9.17, 15) is 0 Å². The lowest BCUT2D eigenvalue weighted by Crippen LogP contribution is -2.74. The highest BCUT2D eigenvalue weighted by molar-refractivity contribution is 7.19. The van der Waals surface area contributed by atoms with E-state index in [1.807, 2.05) is 128 Å². The molecule has 0 amide bonds. The van der Waals surface area contributed by atoms with Gasteiger partial charge in [0.15, 0.2) is 42.6 Å². The Morgan fingerprint density at radius 1 is 0.238 bits per heavy atom. The molecular weight excluding hydrogens is 1560 g/mol. The summed E-state index contributed by atoms with van der Waals surface area (Å²) < 4.78 is 26.6. The van der Waals surface area contributed by atoms with Gasteiger partial charge < -0.3 is 19.2 Å². The SMILES string of the molecule is c1ccc(-c2nc3cccc4c3n2-c2cccc(-c3ccc(-c5ccc6ccc7cccnc7c6n5)cc3)c2O4)cc1.c1ccc(-c2nc3cccc4c3n2-c2cccc(-c3ccc(-c5nc6ccccc6[nH]5)cc3)c2O4)cc1.c1ccc(-c2nc3cccc4c3n2-c2cccc(-c3ccc([Si](c5ccccc5)(c5ccccc5)c5ccccc5)cc3)c2O4)cc1. The van der Waals surface area contributed by atoms with Crippen LogP contribution in [0.25, 0.3) is 173 Å². The smallest absolute Gasteiger partial charge is 0.179 e. The molecular formula is C112H72N10O3Si. The Bertz CT molecular complexity index is 8020. The highest BCUT2D eigenvalue weighted by Crippen LogP contribution is 2.52. The molecule has 592 valence electrons. The number of rotatable bonds is 12. The molecule has 6 aromatic heterocycles. The average Bonchev–Trinajstić information content (AvgIpc) is 1.53. The summed E-state index contributed by atoms with van der Waals surface area (Å²) in [5.41, 5.74) is 25.1. The van der Waals surface area contributed by atoms with Crippen molar-refractivity contribution < 1.29 is 14.2 Å². The quantitative estimate of drug-likeness (QED) is 0.0720. The molecule has 26 rings (SSSR count). The predicted molar refractivity (Wildman–Crippen MR) is 511 cm³/mol. The fraction of sp³-hybridized carbons (Fsp3) is 0. The summed E-state index contributed by atoms with van der Waals surface area (Å²) in [6.07, 6.45) is 1.82. The van der Waals surface area contributed by atoms with Crippen molar-refractivity contribution in [3.8, 4) is 142 Å². The molecule has 0 atom stereocenters. The maximum absolute atomic E-state index is 6.74. The van der Waals surface area contributed by atoms with Gasteiger partial charge in [-0.1, -0.05) is 346 Å². The van der Waals surface area contributed by atoms with Gasteiger partial charge in [-0.2, -0.15) is 0 Å². The third-order valence-corrected chi connectivity index (χ3v) is 29.2. The first-order chi connectivity index (χ1) is 62.5. The number of hydrogen-bond acceptors (Lipinski definition) is 9. The summed E-state index contributed by atoms with van der Waals surface area (Å²) in [5.74, 6) is 8.51. The zero-order chi connectivity index (χ0) is 83.2. The Balaban J connectivity index is 0.000000106. The van der Waals surface area contributed by atoms with Crippen LogP contribution < -0.4 is 35.0 Å². The monoisotopic (exact) mass is 1630 g/mol. The number of para-hydroxylation sites is 8. The van der Waals surface area contributed by atoms with Gasteiger partial charge in [0.05, 0.1) is 61.4 Å². The zero-order valence-corrected chi connectivity index (χ0v) is 68.7. The van der Waals surface area contributed by atoms with Crippen molar-refractivity contribution in [3.63, 3.8) is 0 Å². The van der Waals surface area contributed by atoms with Gasteiger partial charge in [-0.25, -0.2) is 24.9 Å². The molecule has 3 aliphatic rings. The van der Waals surface area contributed by atoms with E-state index in [4.69, 9.17) is 39.1 Å². The first-order valence-electron chi connectivity index (χ1n) is 42.2. The van der Waals surface area contributed by atoms with Crippen molar-refractivity contribution in [1.29, 1.82) is 0 Å². The normalized spacial score (nSPS) is 12.0. The van der Waals surface area contributed by atoms with Gasteiger partial charge in [0.2, 0.25) is 0 Å². The molecule has 0 spiro atoms. The lowest BCUT2D eigenvalue weighted by Gasteiger charge is -2.34. The van der Waals surface area contributed by atoms with Gasteiger partial charge >= 0.3 is 0 Å². The molecule has 0 saturated carbocycles. The Hall–Kier alpha value is -16.9. The minimum Gasteiger partial charge on any atom is -0.452 e. The number of nitrogens with one attached hydrogen (secondary N) is 1. The molecule has 0 aliphatic carbocycles. The van der Waals surface area contributed by atoms with Crippen LogP contribution in [-0.2, 0) is 0 Å². The number of pyridine rings is 2. The van der Waals surface area contributed by atoms with Crippen LogP contribution in [0.1, 0.15) is 0 Å². The topological polar surface area (TPSA) is 136 Å². The Morgan fingerprint density at radius 2 is 0.587 bits per heavy atom. The summed E-state index contributed by atoms with van der Waals surface area (Å²) in [5, 5.41) is 7.59. The van der Waals surface area contributed by atoms with Gasteiger partial charge in [0, 0.05) is 61.5 Å². The van der Waals surface area contributed by atoms with Crippen LogP contribution in [0.15, 0.2) is 431 Å². The van der Waals surface area contributed by atoms with Crippen molar-refractivity contribution in [1.82, 2.24) is 48.6 Å². The summed E-state index contributed by atoms with van der Waals surface area (Å²) in [6, 6.07) is 148. The van der Waals surface area contributed by atoms with Crippen molar-refractivity contribution >= 4 is 94.8 Å². The molecule has 0 radical (unpaired) electrons. The van der Waals surface area contributed by atoms with E-state index >= 15 is 0 Å². The maximum Gasteiger partial charge on any atom is 0.179 e. The Morgan fingerprint density at radius 3 is 1.02 bits per heavy atom. The molecule has 126 heavy (non-hydrogen) atoms. The summed E-state index contributed by atoms with van der Waals surface area (Å²) >= 11 is 0. The van der Waals surface area contributed by atoms with Gasteiger partial charge in [0.1, 0.15) is 39.8 Å². The van der Waals surface area contributed by atoms with E-state index in [0.29, 0.717) is 0 Å². The first kappa shape index (κ1) is 73.0. The van der Waals surface area contributed by atoms with Gasteiger partial charge in [-0.15, -0.1) is 0 Å². The van der Waals surface area contributed by atoms with E-state index in [1.54, 1.807) is 0 Å². The Labute approximate surface area is 725 Å². The summed E-state index contributed by atoms with van der Waals surface area (Å²) in [6.45, 7) is 0. The van der Waals surface area contributed by atoms with Crippen molar-refractivity contribution in [2.24, 2.45) is 0 Å². The van der Waals surface area contributed by atoms with Crippen LogP contribution in [0.5, 0.6) is 34.5 Å². The number of imidazole rings is 4. The number of nitrogens with zero attached hydrogens (tertiary/aromatic N) is 9. The maximum atomic E-state index is 6.74. The number of aromatic nitrogens is 10.